The van der Waals surface area contributed by atoms with Gasteiger partial charge in [0.25, 0.3) is 0 Å². The van der Waals surface area contributed by atoms with Crippen molar-refractivity contribution in [3.8, 4) is 0 Å². The molecule has 0 spiro atoms. The Morgan fingerprint density at radius 1 is 1.31 bits per heavy atom. The molecule has 0 radical (unpaired) electrons. The Labute approximate surface area is 100.0 Å². The van der Waals surface area contributed by atoms with E-state index in [0.717, 1.165) is 19.1 Å². The average Bonchev–Trinajstić information content (AvgIpc) is 3.13. The van der Waals surface area contributed by atoms with E-state index in [-0.39, 0.29) is 0 Å². The zero-order valence-corrected chi connectivity index (χ0v) is 10.8. The Hall–Kier alpha value is -0.120. The highest BCUT2D eigenvalue weighted by Crippen LogP contribution is 2.26. The summed E-state index contributed by atoms with van der Waals surface area (Å²) in [7, 11) is 2.27. The molecular weight excluding hydrogens is 198 g/mol. The summed E-state index contributed by atoms with van der Waals surface area (Å²) in [6.07, 6.45) is 6.92. The van der Waals surface area contributed by atoms with Crippen LogP contribution in [0.1, 0.15) is 39.0 Å². The second kappa shape index (κ2) is 5.99. The number of hydrogen-bond donors (Lipinski definition) is 2. The number of rotatable bonds is 6. The van der Waals surface area contributed by atoms with Gasteiger partial charge >= 0.3 is 0 Å². The molecule has 2 aliphatic rings. The summed E-state index contributed by atoms with van der Waals surface area (Å²) < 4.78 is 0. The van der Waals surface area contributed by atoms with E-state index < -0.39 is 0 Å². The minimum atomic E-state index is 0.677. The summed E-state index contributed by atoms with van der Waals surface area (Å²) >= 11 is 0. The van der Waals surface area contributed by atoms with Gasteiger partial charge in [-0.2, -0.15) is 0 Å². The summed E-state index contributed by atoms with van der Waals surface area (Å²) in [4.78, 5) is 2.53. The molecule has 3 heteroatoms. The Balaban J connectivity index is 1.55. The lowest BCUT2D eigenvalue weighted by molar-refractivity contribution is 0.237. The molecule has 2 fully saturated rings. The monoisotopic (exact) mass is 225 g/mol. The Kier molecular flexibility index (Phi) is 4.62. The fourth-order valence-electron chi connectivity index (χ4n) is 2.55. The van der Waals surface area contributed by atoms with Crippen LogP contribution in [0.25, 0.3) is 0 Å². The summed E-state index contributed by atoms with van der Waals surface area (Å²) in [5.41, 5.74) is 0. The van der Waals surface area contributed by atoms with Crippen LogP contribution in [-0.4, -0.2) is 49.7 Å². The lowest BCUT2D eigenvalue weighted by atomic mass is 10.1. The predicted octanol–water partition coefficient (Wildman–Crippen LogP) is 1.20. The van der Waals surface area contributed by atoms with Crippen molar-refractivity contribution in [1.82, 2.24) is 15.5 Å². The van der Waals surface area contributed by atoms with Crippen LogP contribution in [-0.2, 0) is 0 Å². The van der Waals surface area contributed by atoms with Gasteiger partial charge in [0.2, 0.25) is 0 Å². The first kappa shape index (κ1) is 12.3. The number of piperidine rings is 1. The standard InChI is InChI=1S/C13H27N3/c1-11(16(2)13-6-7-13)9-14-10-12-5-3-4-8-15-12/h11-15H,3-10H2,1-2H3. The highest BCUT2D eigenvalue weighted by Gasteiger charge is 2.28. The Morgan fingerprint density at radius 3 is 2.75 bits per heavy atom. The van der Waals surface area contributed by atoms with Crippen molar-refractivity contribution in [2.75, 3.05) is 26.7 Å². The lowest BCUT2D eigenvalue weighted by Gasteiger charge is -2.27. The molecule has 94 valence electrons. The molecule has 2 N–H and O–H groups in total. The number of likely N-dealkylation sites (N-methyl/N-ethyl adjacent to an activating group) is 1. The molecule has 1 aliphatic heterocycles. The van der Waals surface area contributed by atoms with Crippen LogP contribution in [0.4, 0.5) is 0 Å². The SMILES string of the molecule is CC(CNCC1CCCCN1)N(C)C1CC1. The van der Waals surface area contributed by atoms with Crippen LogP contribution in [0.3, 0.4) is 0 Å². The molecule has 1 saturated carbocycles. The highest BCUT2D eigenvalue weighted by molar-refractivity contribution is 4.86. The van der Waals surface area contributed by atoms with Crippen molar-refractivity contribution in [3.05, 3.63) is 0 Å². The second-order valence-corrected chi connectivity index (χ2v) is 5.55. The summed E-state index contributed by atoms with van der Waals surface area (Å²) in [6, 6.07) is 2.27. The molecule has 16 heavy (non-hydrogen) atoms. The van der Waals surface area contributed by atoms with E-state index in [4.69, 9.17) is 0 Å². The zero-order chi connectivity index (χ0) is 11.4. The van der Waals surface area contributed by atoms with Gasteiger partial charge in [0.05, 0.1) is 0 Å². The maximum absolute atomic E-state index is 3.61. The fourth-order valence-corrected chi connectivity index (χ4v) is 2.55. The van der Waals surface area contributed by atoms with Gasteiger partial charge in [-0.1, -0.05) is 6.42 Å². The third kappa shape index (κ3) is 3.72. The summed E-state index contributed by atoms with van der Waals surface area (Å²) in [6.45, 7) is 5.82. The molecule has 1 aliphatic carbocycles. The van der Waals surface area contributed by atoms with Crippen LogP contribution in [0.15, 0.2) is 0 Å². The number of nitrogens with zero attached hydrogens (tertiary/aromatic N) is 1. The third-order valence-corrected chi connectivity index (χ3v) is 4.06. The van der Waals surface area contributed by atoms with Gasteiger partial charge in [0.1, 0.15) is 0 Å². The normalized spacial score (nSPS) is 28.3. The topological polar surface area (TPSA) is 27.3 Å². The maximum atomic E-state index is 3.61. The zero-order valence-electron chi connectivity index (χ0n) is 10.8. The van der Waals surface area contributed by atoms with E-state index in [1.165, 1.54) is 38.6 Å². The van der Waals surface area contributed by atoms with Crippen LogP contribution in [0.5, 0.6) is 0 Å². The Bertz CT molecular complexity index is 197. The third-order valence-electron chi connectivity index (χ3n) is 4.06. The predicted molar refractivity (Wildman–Crippen MR) is 68.8 cm³/mol. The maximum Gasteiger partial charge on any atom is 0.0192 e. The second-order valence-electron chi connectivity index (χ2n) is 5.55. The van der Waals surface area contributed by atoms with Gasteiger partial charge in [-0.3, -0.25) is 4.90 Å². The molecule has 0 aromatic rings. The van der Waals surface area contributed by atoms with Gasteiger partial charge < -0.3 is 10.6 Å². The van der Waals surface area contributed by atoms with Crippen molar-refractivity contribution in [2.24, 2.45) is 0 Å². The molecule has 2 rings (SSSR count). The minimum Gasteiger partial charge on any atom is -0.314 e. The van der Waals surface area contributed by atoms with Crippen molar-refractivity contribution in [3.63, 3.8) is 0 Å². The minimum absolute atomic E-state index is 0.677. The van der Waals surface area contributed by atoms with Gasteiger partial charge in [-0.15, -0.1) is 0 Å². The van der Waals surface area contributed by atoms with Crippen LogP contribution in [0.2, 0.25) is 0 Å². The molecule has 3 nitrogen and oxygen atoms in total. The largest absolute Gasteiger partial charge is 0.314 e. The van der Waals surface area contributed by atoms with Gasteiger partial charge in [0, 0.05) is 31.2 Å². The van der Waals surface area contributed by atoms with Crippen LogP contribution >= 0.6 is 0 Å². The van der Waals surface area contributed by atoms with E-state index in [1.807, 2.05) is 0 Å². The summed E-state index contributed by atoms with van der Waals surface area (Å²) in [5.74, 6) is 0. The Morgan fingerprint density at radius 2 is 2.12 bits per heavy atom. The first-order chi connectivity index (χ1) is 7.77. The molecule has 2 atom stereocenters. The van der Waals surface area contributed by atoms with Gasteiger partial charge in [0.15, 0.2) is 0 Å². The molecule has 1 heterocycles. The molecule has 0 bridgehead atoms. The molecule has 0 aromatic carbocycles. The van der Waals surface area contributed by atoms with Crippen molar-refractivity contribution in [1.29, 1.82) is 0 Å². The first-order valence-corrected chi connectivity index (χ1v) is 6.93. The van der Waals surface area contributed by atoms with E-state index in [0.29, 0.717) is 12.1 Å². The summed E-state index contributed by atoms with van der Waals surface area (Å²) in [5, 5.41) is 7.20. The quantitative estimate of drug-likeness (QED) is 0.711. The molecule has 0 amide bonds. The van der Waals surface area contributed by atoms with Crippen LogP contribution in [0, 0.1) is 0 Å². The van der Waals surface area contributed by atoms with E-state index in [2.05, 4.69) is 29.5 Å². The average molecular weight is 225 g/mol. The van der Waals surface area contributed by atoms with Crippen molar-refractivity contribution < 1.29 is 0 Å². The van der Waals surface area contributed by atoms with Crippen molar-refractivity contribution in [2.45, 2.75) is 57.2 Å². The van der Waals surface area contributed by atoms with E-state index >= 15 is 0 Å². The number of hydrogen-bond acceptors (Lipinski definition) is 3. The molecular formula is C13H27N3. The molecule has 2 unspecified atom stereocenters. The first-order valence-electron chi connectivity index (χ1n) is 6.93. The fraction of sp³-hybridized carbons (Fsp3) is 1.00. The van der Waals surface area contributed by atoms with Crippen LogP contribution < -0.4 is 10.6 Å². The lowest BCUT2D eigenvalue weighted by Crippen LogP contribution is -2.45. The smallest absolute Gasteiger partial charge is 0.0192 e. The molecule has 1 saturated heterocycles. The van der Waals surface area contributed by atoms with Gasteiger partial charge in [-0.25, -0.2) is 0 Å². The highest BCUT2D eigenvalue weighted by atomic mass is 15.2. The van der Waals surface area contributed by atoms with E-state index in [9.17, 15) is 0 Å². The van der Waals surface area contributed by atoms with E-state index in [1.54, 1.807) is 0 Å². The van der Waals surface area contributed by atoms with Gasteiger partial charge in [-0.05, 0) is 46.2 Å². The number of nitrogens with one attached hydrogen (secondary N) is 2. The van der Waals surface area contributed by atoms with Crippen molar-refractivity contribution >= 4 is 0 Å². The molecule has 0 aromatic heterocycles.